The van der Waals surface area contributed by atoms with Gasteiger partial charge in [0.2, 0.25) is 0 Å². The van der Waals surface area contributed by atoms with Crippen molar-refractivity contribution in [3.63, 3.8) is 0 Å². The van der Waals surface area contributed by atoms with Gasteiger partial charge >= 0.3 is 6.18 Å². The van der Waals surface area contributed by atoms with Crippen molar-refractivity contribution >= 4 is 23.5 Å². The zero-order valence-electron chi connectivity index (χ0n) is 19.5. The van der Waals surface area contributed by atoms with Crippen molar-refractivity contribution in [3.8, 4) is 0 Å². The number of alkyl halides is 3. The van der Waals surface area contributed by atoms with Crippen molar-refractivity contribution in [1.82, 2.24) is 5.43 Å². The second-order valence-electron chi connectivity index (χ2n) is 7.79. The van der Waals surface area contributed by atoms with Gasteiger partial charge in [-0.1, -0.05) is 25.5 Å². The number of hydrazone groups is 1. The molecule has 3 rings (SSSR count). The lowest BCUT2D eigenvalue weighted by Crippen LogP contribution is -2.19. The Kier molecular flexibility index (Phi) is 8.68. The highest BCUT2D eigenvalue weighted by Crippen LogP contribution is 2.30. The Morgan fingerprint density at radius 2 is 1.92 bits per heavy atom. The number of aliphatic imine (C=N–C) groups is 2. The zero-order valence-corrected chi connectivity index (χ0v) is 19.5. The van der Waals surface area contributed by atoms with Crippen molar-refractivity contribution < 1.29 is 26.7 Å². The highest BCUT2D eigenvalue weighted by molar-refractivity contribution is 6.38. The molecule has 0 saturated heterocycles. The molecule has 1 aliphatic heterocycles. The number of halogens is 5. The van der Waals surface area contributed by atoms with Gasteiger partial charge in [-0.15, -0.1) is 0 Å². The third kappa shape index (κ3) is 6.61. The van der Waals surface area contributed by atoms with E-state index in [4.69, 9.17) is 10.1 Å². The molecule has 0 amide bonds. The van der Waals surface area contributed by atoms with Gasteiger partial charge in [0.25, 0.3) is 0 Å². The van der Waals surface area contributed by atoms with Gasteiger partial charge in [-0.3, -0.25) is 4.99 Å². The average molecular weight is 505 g/mol. The first-order chi connectivity index (χ1) is 17.1. The van der Waals surface area contributed by atoms with Gasteiger partial charge in [-0.05, 0) is 36.8 Å². The van der Waals surface area contributed by atoms with E-state index in [2.05, 4.69) is 20.5 Å². The van der Waals surface area contributed by atoms with Gasteiger partial charge in [-0.2, -0.15) is 18.3 Å². The number of nitrogens with zero attached hydrogens (tertiary/aromatic N) is 3. The minimum Gasteiger partial charge on any atom is -0.499 e. The number of methoxy groups -OCH3 is 1. The lowest BCUT2D eigenvalue weighted by atomic mass is 10.1. The van der Waals surface area contributed by atoms with Crippen LogP contribution in [0.2, 0.25) is 0 Å². The second-order valence-corrected chi connectivity index (χ2v) is 7.79. The molecule has 0 aliphatic carbocycles. The lowest BCUT2D eigenvalue weighted by Gasteiger charge is -2.10. The molecule has 0 saturated carbocycles. The number of rotatable bonds is 10. The standard InChI is InChI=1S/C25H24F5N5O/c1-3-6-22-23(35-24(34-22)18-7-4-5-8-19(18)26)14-33-32-13-16(36-2)12-21(31)17-10-9-15(11-20(17)27)25(28,29)30/h4-5,7-12,14,22,31-32H,3,6,13H2,1-2H3/b16-12-,31-21?,33-14-. The van der Waals surface area contributed by atoms with Crippen LogP contribution in [0.15, 0.2) is 69.4 Å². The van der Waals surface area contributed by atoms with Gasteiger partial charge in [-0.25, -0.2) is 13.8 Å². The van der Waals surface area contributed by atoms with Crippen LogP contribution in [-0.4, -0.2) is 43.2 Å². The largest absolute Gasteiger partial charge is 0.499 e. The summed E-state index contributed by atoms with van der Waals surface area (Å²) in [4.78, 5) is 8.92. The Labute approximate surface area is 204 Å². The highest BCUT2D eigenvalue weighted by Gasteiger charge is 2.31. The SMILES string of the molecule is CCCC1N=C(c2ccccc2F)N=C1/C=N\NC/C(=C/C(=N)c1ccc(C(F)(F)F)cc1F)OC. The number of benzene rings is 2. The third-order valence-electron chi connectivity index (χ3n) is 5.23. The Bertz CT molecular complexity index is 1230. The molecule has 1 atom stereocenters. The van der Waals surface area contributed by atoms with Crippen LogP contribution in [0, 0.1) is 17.0 Å². The molecule has 0 aromatic heterocycles. The molecule has 0 spiro atoms. The van der Waals surface area contributed by atoms with E-state index >= 15 is 0 Å². The molecule has 2 N–H and O–H groups in total. The van der Waals surface area contributed by atoms with Crippen LogP contribution in [-0.2, 0) is 10.9 Å². The van der Waals surface area contributed by atoms with Crippen molar-refractivity contribution in [3.05, 3.63) is 82.6 Å². The molecule has 0 fully saturated rings. The van der Waals surface area contributed by atoms with E-state index in [-0.39, 0.29) is 35.5 Å². The first-order valence-electron chi connectivity index (χ1n) is 11.0. The average Bonchev–Trinajstić information content (AvgIpc) is 3.23. The van der Waals surface area contributed by atoms with E-state index in [9.17, 15) is 22.0 Å². The Morgan fingerprint density at radius 3 is 2.56 bits per heavy atom. The topological polar surface area (TPSA) is 82.2 Å². The molecule has 6 nitrogen and oxygen atoms in total. The molecular formula is C25H24F5N5O. The summed E-state index contributed by atoms with van der Waals surface area (Å²) in [6.45, 7) is 2.00. The summed E-state index contributed by atoms with van der Waals surface area (Å²) in [7, 11) is 1.33. The molecule has 1 heterocycles. The number of hydrogen-bond acceptors (Lipinski definition) is 6. The molecule has 0 bridgehead atoms. The molecule has 2 aromatic rings. The maximum atomic E-state index is 14.1. The smallest absolute Gasteiger partial charge is 0.416 e. The van der Waals surface area contributed by atoms with Crippen molar-refractivity contribution in [2.45, 2.75) is 32.0 Å². The van der Waals surface area contributed by atoms with E-state index in [1.54, 1.807) is 18.2 Å². The summed E-state index contributed by atoms with van der Waals surface area (Å²) in [5.74, 6) is -1.11. The fraction of sp³-hybridized carbons (Fsp3) is 0.280. The van der Waals surface area contributed by atoms with Crippen LogP contribution in [0.3, 0.4) is 0 Å². The van der Waals surface area contributed by atoms with E-state index in [0.29, 0.717) is 29.8 Å². The molecule has 0 radical (unpaired) electrons. The summed E-state index contributed by atoms with van der Waals surface area (Å²) in [5, 5.41) is 12.1. The number of hydrogen-bond donors (Lipinski definition) is 2. The highest BCUT2D eigenvalue weighted by atomic mass is 19.4. The first kappa shape index (κ1) is 26.7. The second kappa shape index (κ2) is 11.7. The van der Waals surface area contributed by atoms with Crippen LogP contribution in [0.4, 0.5) is 22.0 Å². The summed E-state index contributed by atoms with van der Waals surface area (Å²) in [6.07, 6.45) is -0.510. The van der Waals surface area contributed by atoms with Crippen LogP contribution in [0.1, 0.15) is 36.5 Å². The van der Waals surface area contributed by atoms with Crippen LogP contribution < -0.4 is 5.43 Å². The maximum absolute atomic E-state index is 14.1. The van der Waals surface area contributed by atoms with Crippen LogP contribution in [0.5, 0.6) is 0 Å². The zero-order chi connectivity index (χ0) is 26.3. The van der Waals surface area contributed by atoms with Crippen LogP contribution in [0.25, 0.3) is 0 Å². The fourth-order valence-electron chi connectivity index (χ4n) is 3.38. The van der Waals surface area contributed by atoms with Crippen molar-refractivity contribution in [2.75, 3.05) is 13.7 Å². The number of amidine groups is 1. The molecule has 1 aliphatic rings. The Balaban J connectivity index is 1.67. The van der Waals surface area contributed by atoms with Gasteiger partial charge in [0, 0.05) is 11.6 Å². The van der Waals surface area contributed by atoms with E-state index in [1.807, 2.05) is 6.92 Å². The Hall–Kier alpha value is -3.89. The Morgan fingerprint density at radius 1 is 1.17 bits per heavy atom. The molecule has 11 heteroatoms. The minimum atomic E-state index is -4.68. The van der Waals surface area contributed by atoms with Gasteiger partial charge in [0.1, 0.15) is 17.4 Å². The summed E-state index contributed by atoms with van der Waals surface area (Å²) >= 11 is 0. The summed E-state index contributed by atoms with van der Waals surface area (Å²) in [5.41, 5.74) is 1.76. The first-order valence-corrected chi connectivity index (χ1v) is 11.0. The third-order valence-corrected chi connectivity index (χ3v) is 5.23. The number of ether oxygens (including phenoxy) is 1. The summed E-state index contributed by atoms with van der Waals surface area (Å²) < 4.78 is 71.7. The predicted molar refractivity (Wildman–Crippen MR) is 129 cm³/mol. The molecule has 1 unspecified atom stereocenters. The molecule has 36 heavy (non-hydrogen) atoms. The normalized spacial score (nSPS) is 16.2. The molecular weight excluding hydrogens is 481 g/mol. The minimum absolute atomic E-state index is 0.00435. The fourth-order valence-corrected chi connectivity index (χ4v) is 3.38. The van der Waals surface area contributed by atoms with Crippen LogP contribution >= 0.6 is 0 Å². The van der Waals surface area contributed by atoms with E-state index in [1.165, 1.54) is 25.5 Å². The monoisotopic (exact) mass is 505 g/mol. The molecule has 190 valence electrons. The van der Waals surface area contributed by atoms with Gasteiger partial charge in [0.05, 0.1) is 48.5 Å². The van der Waals surface area contributed by atoms with Crippen molar-refractivity contribution in [2.24, 2.45) is 15.1 Å². The van der Waals surface area contributed by atoms with Gasteiger partial charge in [0.15, 0.2) is 5.84 Å². The van der Waals surface area contributed by atoms with E-state index in [0.717, 1.165) is 12.5 Å². The quantitative estimate of drug-likeness (QED) is 0.193. The predicted octanol–water partition coefficient (Wildman–Crippen LogP) is 5.53. The van der Waals surface area contributed by atoms with Crippen molar-refractivity contribution in [1.29, 1.82) is 5.41 Å². The van der Waals surface area contributed by atoms with Gasteiger partial charge < -0.3 is 15.6 Å². The molecule has 2 aromatic carbocycles. The summed E-state index contributed by atoms with van der Waals surface area (Å²) in [6, 6.07) is 7.90. The number of nitrogens with one attached hydrogen (secondary N) is 2. The number of allylic oxidation sites excluding steroid dienone is 1. The maximum Gasteiger partial charge on any atom is 0.416 e. The van der Waals surface area contributed by atoms with E-state index < -0.39 is 23.4 Å². The lowest BCUT2D eigenvalue weighted by molar-refractivity contribution is -0.137.